The van der Waals surface area contributed by atoms with E-state index in [9.17, 15) is 0 Å². The Hall–Kier alpha value is -0.615. The predicted molar refractivity (Wildman–Crippen MR) is 93.8 cm³/mol. The lowest BCUT2D eigenvalue weighted by atomic mass is 9.78. The van der Waals surface area contributed by atoms with Gasteiger partial charge in [0.25, 0.3) is 0 Å². The zero-order valence-electron chi connectivity index (χ0n) is 12.8. The Kier molecular flexibility index (Phi) is 4.69. The number of rotatable bonds is 3. The second-order valence-electron chi connectivity index (χ2n) is 6.24. The van der Waals surface area contributed by atoms with Gasteiger partial charge in [0.05, 0.1) is 11.2 Å². The van der Waals surface area contributed by atoms with E-state index in [1.54, 1.807) is 6.07 Å². The second-order valence-corrected chi connectivity index (χ2v) is 6.99. The van der Waals surface area contributed by atoms with E-state index in [0.717, 1.165) is 11.0 Å². The highest BCUT2D eigenvalue weighted by Crippen LogP contribution is 2.39. The molecule has 114 valence electrons. The fraction of sp³-hybridized carbons (Fsp3) is 0.467. The number of nitrogens with two attached hydrogens (primary N) is 1. The summed E-state index contributed by atoms with van der Waals surface area (Å²) < 4.78 is 12.1. The van der Waals surface area contributed by atoms with Gasteiger partial charge in [-0.1, -0.05) is 23.7 Å². The van der Waals surface area contributed by atoms with Gasteiger partial charge in [0.2, 0.25) is 0 Å². The first-order valence-corrected chi connectivity index (χ1v) is 7.89. The van der Waals surface area contributed by atoms with Crippen molar-refractivity contribution in [2.75, 3.05) is 11.5 Å². The normalized spacial score (nSPS) is 20.9. The van der Waals surface area contributed by atoms with Crippen LogP contribution in [0.5, 0.6) is 0 Å². The first kappa shape index (κ1) is 16.8. The lowest BCUT2D eigenvalue weighted by Gasteiger charge is -2.32. The van der Waals surface area contributed by atoms with Gasteiger partial charge in [-0.2, -0.15) is 12.6 Å². The number of thiol groups is 1. The summed E-state index contributed by atoms with van der Waals surface area (Å²) in [6.45, 7) is 8.11. The van der Waals surface area contributed by atoms with Crippen molar-refractivity contribution < 1.29 is 9.31 Å². The fourth-order valence-corrected chi connectivity index (χ4v) is 2.48. The van der Waals surface area contributed by atoms with Crippen molar-refractivity contribution in [3.8, 4) is 0 Å². The van der Waals surface area contributed by atoms with E-state index in [2.05, 4.69) is 12.6 Å². The minimum Gasteiger partial charge on any atom is -0.400 e. The second kappa shape index (κ2) is 5.88. The first-order valence-electron chi connectivity index (χ1n) is 6.88. The van der Waals surface area contributed by atoms with Gasteiger partial charge in [-0.25, -0.2) is 0 Å². The molecule has 0 aromatic heterocycles. The van der Waals surface area contributed by atoms with Crippen molar-refractivity contribution in [1.82, 2.24) is 0 Å². The Balaban J connectivity index is 2.31. The summed E-state index contributed by atoms with van der Waals surface area (Å²) in [5.74, 6) is 0.527. The first-order chi connectivity index (χ1) is 9.66. The third kappa shape index (κ3) is 3.42. The van der Waals surface area contributed by atoms with Crippen molar-refractivity contribution in [1.29, 1.82) is 0 Å². The SMILES string of the molecule is CC1(C)OB(C(=Cc2ccc(Cl)cc2N)CS)OC1(C)C. The molecule has 0 aliphatic carbocycles. The van der Waals surface area contributed by atoms with Gasteiger partial charge < -0.3 is 15.0 Å². The molecule has 3 nitrogen and oxygen atoms in total. The molecule has 1 fully saturated rings. The van der Waals surface area contributed by atoms with Crippen LogP contribution in [0, 0.1) is 0 Å². The molecule has 0 amide bonds. The molecule has 2 rings (SSSR count). The highest BCUT2D eigenvalue weighted by Gasteiger charge is 2.52. The molecule has 1 aromatic rings. The largest absolute Gasteiger partial charge is 0.491 e. The Morgan fingerprint density at radius 1 is 1.29 bits per heavy atom. The molecule has 1 aliphatic heterocycles. The molecule has 1 aromatic carbocycles. The molecule has 1 saturated heterocycles. The summed E-state index contributed by atoms with van der Waals surface area (Å²) in [6, 6.07) is 5.42. The van der Waals surface area contributed by atoms with Gasteiger partial charge in [-0.15, -0.1) is 0 Å². The van der Waals surface area contributed by atoms with Crippen LogP contribution in [0.3, 0.4) is 0 Å². The summed E-state index contributed by atoms with van der Waals surface area (Å²) in [4.78, 5) is 0. The van der Waals surface area contributed by atoms with E-state index in [1.807, 2.05) is 45.9 Å². The Morgan fingerprint density at radius 3 is 2.33 bits per heavy atom. The average Bonchev–Trinajstić information content (AvgIpc) is 2.57. The molecule has 0 saturated carbocycles. The van der Waals surface area contributed by atoms with Gasteiger partial charge in [-0.3, -0.25) is 0 Å². The van der Waals surface area contributed by atoms with Gasteiger partial charge in [0.1, 0.15) is 0 Å². The van der Waals surface area contributed by atoms with Crippen molar-refractivity contribution in [2.24, 2.45) is 0 Å². The molecule has 0 bridgehead atoms. The summed E-state index contributed by atoms with van der Waals surface area (Å²) in [5, 5.41) is 0.618. The van der Waals surface area contributed by atoms with Gasteiger partial charge >= 0.3 is 7.12 Å². The van der Waals surface area contributed by atoms with Crippen LogP contribution in [0.1, 0.15) is 33.3 Å². The van der Waals surface area contributed by atoms with Crippen LogP contribution < -0.4 is 5.73 Å². The monoisotopic (exact) mass is 325 g/mol. The number of benzene rings is 1. The zero-order chi connectivity index (χ0) is 15.8. The van der Waals surface area contributed by atoms with Crippen molar-refractivity contribution in [3.63, 3.8) is 0 Å². The van der Waals surface area contributed by atoms with Crippen LogP contribution in [-0.4, -0.2) is 24.1 Å². The van der Waals surface area contributed by atoms with E-state index in [0.29, 0.717) is 16.5 Å². The lowest BCUT2D eigenvalue weighted by Crippen LogP contribution is -2.41. The minimum atomic E-state index is -0.414. The van der Waals surface area contributed by atoms with Crippen molar-refractivity contribution in [2.45, 2.75) is 38.9 Å². The average molecular weight is 326 g/mol. The van der Waals surface area contributed by atoms with E-state index in [4.69, 9.17) is 26.6 Å². The van der Waals surface area contributed by atoms with Gasteiger partial charge in [0, 0.05) is 16.5 Å². The molecule has 0 atom stereocenters. The molecule has 21 heavy (non-hydrogen) atoms. The highest BCUT2D eigenvalue weighted by molar-refractivity contribution is 7.80. The molecule has 6 heteroatoms. The maximum Gasteiger partial charge on any atom is 0.491 e. The highest BCUT2D eigenvalue weighted by atomic mass is 35.5. The molecule has 0 radical (unpaired) electrons. The summed E-state index contributed by atoms with van der Waals surface area (Å²) >= 11 is 10.3. The van der Waals surface area contributed by atoms with Crippen LogP contribution in [-0.2, 0) is 9.31 Å². The number of anilines is 1. The van der Waals surface area contributed by atoms with E-state index in [1.165, 1.54) is 0 Å². The fourth-order valence-electron chi connectivity index (χ4n) is 2.06. The Bertz CT molecular complexity index is 559. The van der Waals surface area contributed by atoms with Gasteiger partial charge in [0.15, 0.2) is 0 Å². The molecule has 1 aliphatic rings. The molecule has 0 spiro atoms. The van der Waals surface area contributed by atoms with Crippen LogP contribution >= 0.6 is 24.2 Å². The van der Waals surface area contributed by atoms with E-state index < -0.39 is 7.12 Å². The summed E-state index contributed by atoms with van der Waals surface area (Å²) in [7, 11) is -0.414. The number of hydrogen-bond acceptors (Lipinski definition) is 4. The Labute approximate surface area is 137 Å². The maximum atomic E-state index is 6.05. The third-order valence-electron chi connectivity index (χ3n) is 4.13. The smallest absolute Gasteiger partial charge is 0.400 e. The van der Waals surface area contributed by atoms with Crippen LogP contribution in [0.2, 0.25) is 5.02 Å². The molecule has 2 N–H and O–H groups in total. The number of halogens is 1. The van der Waals surface area contributed by atoms with Crippen LogP contribution in [0.15, 0.2) is 23.7 Å². The third-order valence-corrected chi connectivity index (χ3v) is 4.73. The molecular formula is C15H21BClNO2S. The van der Waals surface area contributed by atoms with Crippen molar-refractivity contribution in [3.05, 3.63) is 34.3 Å². The standard InChI is InChI=1S/C15H21BClNO2S/c1-14(2)15(3,4)20-16(19-14)11(9-21)7-10-5-6-12(17)8-13(10)18/h5-8,21H,9,18H2,1-4H3. The molecular weight excluding hydrogens is 305 g/mol. The van der Waals surface area contributed by atoms with Crippen molar-refractivity contribution >= 4 is 43.1 Å². The van der Waals surface area contributed by atoms with E-state index in [-0.39, 0.29) is 11.2 Å². The quantitative estimate of drug-likeness (QED) is 0.504. The topological polar surface area (TPSA) is 44.5 Å². The van der Waals surface area contributed by atoms with Crippen LogP contribution in [0.25, 0.3) is 6.08 Å². The Morgan fingerprint density at radius 2 is 1.86 bits per heavy atom. The van der Waals surface area contributed by atoms with Crippen LogP contribution in [0.4, 0.5) is 5.69 Å². The number of nitrogen functional groups attached to an aromatic ring is 1. The number of hydrogen-bond donors (Lipinski definition) is 2. The summed E-state index contributed by atoms with van der Waals surface area (Å²) in [6.07, 6.45) is 1.96. The summed E-state index contributed by atoms with van der Waals surface area (Å²) in [5.41, 5.74) is 7.70. The molecule has 1 heterocycles. The maximum absolute atomic E-state index is 6.05. The molecule has 0 unspecified atom stereocenters. The minimum absolute atomic E-state index is 0.370. The zero-order valence-corrected chi connectivity index (χ0v) is 14.5. The van der Waals surface area contributed by atoms with Gasteiger partial charge in [-0.05, 0) is 50.9 Å². The predicted octanol–water partition coefficient (Wildman–Crippen LogP) is 3.87. The lowest BCUT2D eigenvalue weighted by molar-refractivity contribution is 0.00578. The van der Waals surface area contributed by atoms with E-state index >= 15 is 0 Å².